The average molecular weight is 242 g/mol. The molecular formula is C10H12ClN3O2. The van der Waals surface area contributed by atoms with Crippen molar-refractivity contribution in [1.82, 2.24) is 4.98 Å². The third-order valence-corrected chi connectivity index (χ3v) is 2.79. The van der Waals surface area contributed by atoms with Gasteiger partial charge in [-0.1, -0.05) is 11.6 Å². The highest BCUT2D eigenvalue weighted by Gasteiger charge is 2.24. The molecule has 0 bridgehead atoms. The molecule has 0 spiro atoms. The summed E-state index contributed by atoms with van der Waals surface area (Å²) in [6, 6.07) is 2.71. The fourth-order valence-electron chi connectivity index (χ4n) is 1.55. The minimum absolute atomic E-state index is 0.0161. The summed E-state index contributed by atoms with van der Waals surface area (Å²) in [7, 11) is 1.88. The van der Waals surface area contributed by atoms with E-state index in [1.54, 1.807) is 0 Å². The number of aromatic nitrogens is 1. The Morgan fingerprint density at radius 3 is 2.88 bits per heavy atom. The maximum atomic E-state index is 10.7. The second-order valence-corrected chi connectivity index (χ2v) is 4.47. The van der Waals surface area contributed by atoms with E-state index < -0.39 is 4.92 Å². The molecule has 0 radical (unpaired) electrons. The van der Waals surface area contributed by atoms with Crippen molar-refractivity contribution in [2.45, 2.75) is 12.8 Å². The van der Waals surface area contributed by atoms with E-state index in [1.165, 1.54) is 25.0 Å². The number of hydrogen-bond acceptors (Lipinski definition) is 4. The molecular weight excluding hydrogens is 230 g/mol. The van der Waals surface area contributed by atoms with E-state index >= 15 is 0 Å². The second-order valence-electron chi connectivity index (χ2n) is 4.09. The quantitative estimate of drug-likeness (QED) is 0.462. The minimum Gasteiger partial charge on any atom is -0.359 e. The molecule has 0 aliphatic heterocycles. The van der Waals surface area contributed by atoms with E-state index in [4.69, 9.17) is 11.6 Å². The molecule has 1 heterocycles. The minimum atomic E-state index is -0.456. The molecule has 86 valence electrons. The van der Waals surface area contributed by atoms with Crippen LogP contribution in [-0.4, -0.2) is 23.5 Å². The smallest absolute Gasteiger partial charge is 0.276 e. The van der Waals surface area contributed by atoms with Crippen LogP contribution in [0.1, 0.15) is 12.8 Å². The summed E-state index contributed by atoms with van der Waals surface area (Å²) < 4.78 is 0. The summed E-state index contributed by atoms with van der Waals surface area (Å²) in [4.78, 5) is 16.2. The van der Waals surface area contributed by atoms with Gasteiger partial charge in [0.2, 0.25) is 0 Å². The molecule has 1 saturated carbocycles. The lowest BCUT2D eigenvalue weighted by atomic mass is 10.3. The van der Waals surface area contributed by atoms with E-state index in [0.717, 1.165) is 6.54 Å². The number of halogens is 1. The van der Waals surface area contributed by atoms with Gasteiger partial charge >= 0.3 is 0 Å². The van der Waals surface area contributed by atoms with Gasteiger partial charge in [-0.2, -0.15) is 0 Å². The summed E-state index contributed by atoms with van der Waals surface area (Å²) in [5.41, 5.74) is -0.0161. The molecule has 0 unspecified atom stereocenters. The van der Waals surface area contributed by atoms with Gasteiger partial charge < -0.3 is 4.90 Å². The summed E-state index contributed by atoms with van der Waals surface area (Å²) >= 11 is 5.75. The van der Waals surface area contributed by atoms with Crippen molar-refractivity contribution in [3.63, 3.8) is 0 Å². The third-order valence-electron chi connectivity index (χ3n) is 2.60. The lowest BCUT2D eigenvalue weighted by Crippen LogP contribution is -2.21. The van der Waals surface area contributed by atoms with Crippen LogP contribution in [0.5, 0.6) is 0 Å². The van der Waals surface area contributed by atoms with Crippen LogP contribution in [0.25, 0.3) is 0 Å². The van der Waals surface area contributed by atoms with Gasteiger partial charge in [-0.25, -0.2) is 4.98 Å². The topological polar surface area (TPSA) is 59.3 Å². The van der Waals surface area contributed by atoms with Crippen molar-refractivity contribution in [3.8, 4) is 0 Å². The van der Waals surface area contributed by atoms with Gasteiger partial charge in [0.25, 0.3) is 5.69 Å². The van der Waals surface area contributed by atoms with Gasteiger partial charge in [0.05, 0.1) is 17.1 Å². The first kappa shape index (κ1) is 11.1. The van der Waals surface area contributed by atoms with Crippen LogP contribution in [0.3, 0.4) is 0 Å². The van der Waals surface area contributed by atoms with Gasteiger partial charge in [-0.3, -0.25) is 10.1 Å². The fraction of sp³-hybridized carbons (Fsp3) is 0.500. The Kier molecular flexibility index (Phi) is 2.96. The molecule has 0 saturated heterocycles. The number of nitro groups is 1. The average Bonchev–Trinajstić information content (AvgIpc) is 3.00. The first-order valence-corrected chi connectivity index (χ1v) is 5.47. The van der Waals surface area contributed by atoms with Crippen LogP contribution < -0.4 is 4.90 Å². The lowest BCUT2D eigenvalue weighted by molar-refractivity contribution is -0.384. The standard InChI is InChI=1S/C10H12ClN3O2/c1-13(6-7-2-3-7)10-5-8(14(15)16)4-9(11)12-10/h4-5,7H,2-3,6H2,1H3. The molecule has 2 rings (SSSR count). The molecule has 16 heavy (non-hydrogen) atoms. The van der Waals surface area contributed by atoms with Gasteiger partial charge in [-0.05, 0) is 18.8 Å². The highest BCUT2D eigenvalue weighted by Crippen LogP contribution is 2.31. The predicted octanol–water partition coefficient (Wildman–Crippen LogP) is 2.49. The Morgan fingerprint density at radius 1 is 1.62 bits per heavy atom. The highest BCUT2D eigenvalue weighted by atomic mass is 35.5. The normalized spacial score (nSPS) is 14.9. The van der Waals surface area contributed by atoms with Crippen molar-refractivity contribution in [1.29, 1.82) is 0 Å². The molecule has 1 aromatic heterocycles. The van der Waals surface area contributed by atoms with Gasteiger partial charge in [0, 0.05) is 13.6 Å². The van der Waals surface area contributed by atoms with Crippen LogP contribution in [0.4, 0.5) is 11.5 Å². The summed E-state index contributed by atoms with van der Waals surface area (Å²) in [5, 5.41) is 10.8. The van der Waals surface area contributed by atoms with Crippen LogP contribution in [0.15, 0.2) is 12.1 Å². The van der Waals surface area contributed by atoms with Crippen molar-refractivity contribution in [3.05, 3.63) is 27.4 Å². The summed E-state index contributed by atoms with van der Waals surface area (Å²) in [5.74, 6) is 1.26. The van der Waals surface area contributed by atoms with Gasteiger partial charge in [-0.15, -0.1) is 0 Å². The first-order chi connectivity index (χ1) is 7.56. The second kappa shape index (κ2) is 4.25. The van der Waals surface area contributed by atoms with Crippen LogP contribution in [0.2, 0.25) is 5.15 Å². The first-order valence-electron chi connectivity index (χ1n) is 5.09. The molecule has 1 aromatic rings. The Balaban J connectivity index is 2.21. The highest BCUT2D eigenvalue weighted by molar-refractivity contribution is 6.29. The van der Waals surface area contributed by atoms with E-state index in [2.05, 4.69) is 4.98 Å². The number of pyridine rings is 1. The summed E-state index contributed by atoms with van der Waals surface area (Å²) in [6.45, 7) is 0.879. The monoisotopic (exact) mass is 241 g/mol. The van der Waals surface area contributed by atoms with Crippen LogP contribution >= 0.6 is 11.6 Å². The Labute approximate surface area is 98.2 Å². The molecule has 0 N–H and O–H groups in total. The molecule has 0 aromatic carbocycles. The zero-order valence-corrected chi connectivity index (χ0v) is 9.65. The number of hydrogen-bond donors (Lipinski definition) is 0. The third kappa shape index (κ3) is 2.61. The van der Waals surface area contributed by atoms with Crippen molar-refractivity contribution >= 4 is 23.1 Å². The van der Waals surface area contributed by atoms with Crippen molar-refractivity contribution in [2.24, 2.45) is 5.92 Å². The Hall–Kier alpha value is -1.36. The fourth-order valence-corrected chi connectivity index (χ4v) is 1.75. The SMILES string of the molecule is CN(CC1CC1)c1cc([N+](=O)[O-])cc(Cl)n1. The van der Waals surface area contributed by atoms with E-state index in [9.17, 15) is 10.1 Å². The Bertz CT molecular complexity index is 421. The molecule has 6 heteroatoms. The molecule has 1 aliphatic rings. The van der Waals surface area contributed by atoms with E-state index in [1.807, 2.05) is 11.9 Å². The zero-order chi connectivity index (χ0) is 11.7. The van der Waals surface area contributed by atoms with Crippen LogP contribution in [0, 0.1) is 16.0 Å². The maximum absolute atomic E-state index is 10.7. The lowest BCUT2D eigenvalue weighted by Gasteiger charge is -2.17. The predicted molar refractivity (Wildman–Crippen MR) is 61.9 cm³/mol. The zero-order valence-electron chi connectivity index (χ0n) is 8.89. The molecule has 5 nitrogen and oxygen atoms in total. The molecule has 1 fully saturated rings. The van der Waals surface area contributed by atoms with Crippen molar-refractivity contribution in [2.75, 3.05) is 18.5 Å². The number of anilines is 1. The number of nitrogens with zero attached hydrogens (tertiary/aromatic N) is 3. The van der Waals surface area contributed by atoms with Gasteiger partial charge in [0.1, 0.15) is 11.0 Å². The van der Waals surface area contributed by atoms with E-state index in [-0.39, 0.29) is 10.8 Å². The largest absolute Gasteiger partial charge is 0.359 e. The molecule has 0 atom stereocenters. The molecule has 1 aliphatic carbocycles. The number of rotatable bonds is 4. The molecule has 0 amide bonds. The van der Waals surface area contributed by atoms with Crippen LogP contribution in [-0.2, 0) is 0 Å². The van der Waals surface area contributed by atoms with Gasteiger partial charge in [0.15, 0.2) is 0 Å². The maximum Gasteiger partial charge on any atom is 0.276 e. The van der Waals surface area contributed by atoms with E-state index in [0.29, 0.717) is 11.7 Å². The Morgan fingerprint density at radius 2 is 2.31 bits per heavy atom. The van der Waals surface area contributed by atoms with Crippen molar-refractivity contribution < 1.29 is 4.92 Å². The summed E-state index contributed by atoms with van der Waals surface area (Å²) in [6.07, 6.45) is 2.46.